The van der Waals surface area contributed by atoms with E-state index in [1.54, 1.807) is 6.07 Å². The summed E-state index contributed by atoms with van der Waals surface area (Å²) in [6.07, 6.45) is 1.53. The van der Waals surface area contributed by atoms with Crippen LogP contribution in [0.2, 0.25) is 0 Å². The standard InChI is InChI=1S/C17H16BrFN2O3S/c1-2-8-20-17(22)13-4-3-5-14(10-13)25(23,24)21-11-12-6-7-15(18)16(19)9-12/h2-7,9-10,21H,1,8,11H2,(H,20,22). The SMILES string of the molecule is C=CCNC(=O)c1cccc(S(=O)(=O)NCc2ccc(Br)c(F)c2)c1. The van der Waals surface area contributed by atoms with Crippen LogP contribution < -0.4 is 10.0 Å². The van der Waals surface area contributed by atoms with Gasteiger partial charge in [0.1, 0.15) is 5.82 Å². The molecular formula is C17H16BrFN2O3S. The second-order valence-corrected chi connectivity index (χ2v) is 7.72. The Morgan fingerprint density at radius 2 is 2.00 bits per heavy atom. The molecule has 132 valence electrons. The number of carbonyl (C=O) groups excluding carboxylic acids is 1. The monoisotopic (exact) mass is 426 g/mol. The van der Waals surface area contributed by atoms with Crippen LogP contribution in [-0.4, -0.2) is 20.9 Å². The molecule has 0 spiro atoms. The predicted molar refractivity (Wildman–Crippen MR) is 97.1 cm³/mol. The number of benzene rings is 2. The van der Waals surface area contributed by atoms with Crippen LogP contribution in [0.1, 0.15) is 15.9 Å². The normalized spacial score (nSPS) is 11.1. The van der Waals surface area contributed by atoms with Crippen LogP contribution in [0.5, 0.6) is 0 Å². The Hall–Kier alpha value is -2.03. The van der Waals surface area contributed by atoms with Crippen LogP contribution in [0.15, 0.2) is 64.5 Å². The van der Waals surface area contributed by atoms with Crippen molar-refractivity contribution in [3.05, 3.63) is 76.5 Å². The maximum atomic E-state index is 13.5. The first-order valence-electron chi connectivity index (χ1n) is 7.26. The smallest absolute Gasteiger partial charge is 0.251 e. The fraction of sp³-hybridized carbons (Fsp3) is 0.118. The molecule has 2 aromatic carbocycles. The lowest BCUT2D eigenvalue weighted by Crippen LogP contribution is -2.25. The van der Waals surface area contributed by atoms with Gasteiger partial charge in [0, 0.05) is 18.7 Å². The van der Waals surface area contributed by atoms with Crippen LogP contribution in [0.3, 0.4) is 0 Å². The number of sulfonamides is 1. The van der Waals surface area contributed by atoms with Crippen molar-refractivity contribution in [1.29, 1.82) is 0 Å². The van der Waals surface area contributed by atoms with Crippen molar-refractivity contribution in [2.75, 3.05) is 6.54 Å². The summed E-state index contributed by atoms with van der Waals surface area (Å²) in [5.74, 6) is -0.871. The minimum Gasteiger partial charge on any atom is -0.349 e. The van der Waals surface area contributed by atoms with Gasteiger partial charge in [0.25, 0.3) is 5.91 Å². The lowest BCUT2D eigenvalue weighted by atomic mass is 10.2. The molecule has 0 aliphatic rings. The van der Waals surface area contributed by atoms with Crippen molar-refractivity contribution < 1.29 is 17.6 Å². The second kappa shape index (κ2) is 8.37. The lowest BCUT2D eigenvalue weighted by Gasteiger charge is -2.09. The third-order valence-electron chi connectivity index (χ3n) is 3.26. The molecule has 0 saturated heterocycles. The van der Waals surface area contributed by atoms with Gasteiger partial charge < -0.3 is 5.32 Å². The summed E-state index contributed by atoms with van der Waals surface area (Å²) < 4.78 is 41.0. The van der Waals surface area contributed by atoms with Crippen LogP contribution in [0, 0.1) is 5.82 Å². The van der Waals surface area contributed by atoms with Gasteiger partial charge in [-0.05, 0) is 51.8 Å². The van der Waals surface area contributed by atoms with Gasteiger partial charge >= 0.3 is 0 Å². The molecule has 0 aliphatic carbocycles. The Bertz CT molecular complexity index is 901. The number of nitrogens with one attached hydrogen (secondary N) is 2. The van der Waals surface area contributed by atoms with E-state index < -0.39 is 21.7 Å². The Morgan fingerprint density at radius 1 is 1.24 bits per heavy atom. The van der Waals surface area contributed by atoms with Crippen molar-refractivity contribution in [2.24, 2.45) is 0 Å². The minimum atomic E-state index is -3.84. The van der Waals surface area contributed by atoms with Crippen molar-refractivity contribution in [3.8, 4) is 0 Å². The third kappa shape index (κ3) is 5.22. The minimum absolute atomic E-state index is 0.0451. The average Bonchev–Trinajstić information content (AvgIpc) is 2.61. The summed E-state index contributed by atoms with van der Waals surface area (Å²) in [4.78, 5) is 11.9. The highest BCUT2D eigenvalue weighted by molar-refractivity contribution is 9.10. The van der Waals surface area contributed by atoms with E-state index >= 15 is 0 Å². The van der Waals surface area contributed by atoms with Gasteiger partial charge in [-0.1, -0.05) is 18.2 Å². The lowest BCUT2D eigenvalue weighted by molar-refractivity contribution is 0.0958. The predicted octanol–water partition coefficient (Wildman–Crippen LogP) is 2.98. The summed E-state index contributed by atoms with van der Waals surface area (Å²) in [5.41, 5.74) is 0.698. The van der Waals surface area contributed by atoms with Crippen LogP contribution >= 0.6 is 15.9 Å². The molecule has 5 nitrogen and oxygen atoms in total. The molecule has 0 aromatic heterocycles. The van der Waals surface area contributed by atoms with Crippen LogP contribution in [-0.2, 0) is 16.6 Å². The van der Waals surface area contributed by atoms with Gasteiger partial charge in [-0.3, -0.25) is 4.79 Å². The number of carbonyl (C=O) groups is 1. The molecule has 0 saturated carbocycles. The molecule has 0 unspecified atom stereocenters. The fourth-order valence-electron chi connectivity index (χ4n) is 1.98. The van der Waals surface area contributed by atoms with Gasteiger partial charge in [-0.2, -0.15) is 0 Å². The van der Waals surface area contributed by atoms with Gasteiger partial charge in [0.15, 0.2) is 0 Å². The second-order valence-electron chi connectivity index (χ2n) is 5.10. The summed E-state index contributed by atoms with van der Waals surface area (Å²) in [6.45, 7) is 3.71. The quantitative estimate of drug-likeness (QED) is 0.668. The van der Waals surface area contributed by atoms with E-state index in [2.05, 4.69) is 32.5 Å². The molecule has 0 radical (unpaired) electrons. The summed E-state index contributed by atoms with van der Waals surface area (Å²) in [5, 5.41) is 2.58. The van der Waals surface area contributed by atoms with E-state index in [1.165, 1.54) is 42.5 Å². The number of hydrogen-bond acceptors (Lipinski definition) is 3. The zero-order chi connectivity index (χ0) is 18.4. The first-order valence-corrected chi connectivity index (χ1v) is 9.54. The molecule has 2 N–H and O–H groups in total. The highest BCUT2D eigenvalue weighted by atomic mass is 79.9. The van der Waals surface area contributed by atoms with Crippen LogP contribution in [0.25, 0.3) is 0 Å². The molecule has 25 heavy (non-hydrogen) atoms. The number of rotatable bonds is 7. The van der Waals surface area contributed by atoms with E-state index in [9.17, 15) is 17.6 Å². The maximum absolute atomic E-state index is 13.5. The number of halogens is 2. The summed E-state index contributed by atoms with van der Waals surface area (Å²) >= 11 is 3.04. The molecule has 0 atom stereocenters. The first-order chi connectivity index (χ1) is 11.8. The van der Waals surface area contributed by atoms with Crippen molar-refractivity contribution >= 4 is 31.9 Å². The van der Waals surface area contributed by atoms with Crippen molar-refractivity contribution in [3.63, 3.8) is 0 Å². The maximum Gasteiger partial charge on any atom is 0.251 e. The van der Waals surface area contributed by atoms with E-state index in [4.69, 9.17) is 0 Å². The summed E-state index contributed by atoms with van der Waals surface area (Å²) in [6, 6.07) is 10.0. The highest BCUT2D eigenvalue weighted by Gasteiger charge is 2.16. The number of amides is 1. The molecule has 0 bridgehead atoms. The van der Waals surface area contributed by atoms with Crippen molar-refractivity contribution in [2.45, 2.75) is 11.4 Å². The molecule has 0 aliphatic heterocycles. The fourth-order valence-corrected chi connectivity index (χ4v) is 3.29. The highest BCUT2D eigenvalue weighted by Crippen LogP contribution is 2.17. The Kier molecular flexibility index (Phi) is 6.46. The third-order valence-corrected chi connectivity index (χ3v) is 5.31. The van der Waals surface area contributed by atoms with Gasteiger partial charge in [0.2, 0.25) is 10.0 Å². The van der Waals surface area contributed by atoms with E-state index in [1.807, 2.05) is 0 Å². The van der Waals surface area contributed by atoms with Gasteiger partial charge in [-0.25, -0.2) is 17.5 Å². The summed E-state index contributed by atoms with van der Waals surface area (Å²) in [7, 11) is -3.84. The molecule has 0 fully saturated rings. The topological polar surface area (TPSA) is 75.3 Å². The number of hydrogen-bond donors (Lipinski definition) is 2. The molecule has 8 heteroatoms. The zero-order valence-corrected chi connectivity index (χ0v) is 15.5. The van der Waals surface area contributed by atoms with Gasteiger partial charge in [0.05, 0.1) is 9.37 Å². The molecule has 0 heterocycles. The molecule has 1 amide bonds. The Morgan fingerprint density at radius 3 is 2.68 bits per heavy atom. The van der Waals surface area contributed by atoms with Crippen LogP contribution in [0.4, 0.5) is 4.39 Å². The van der Waals surface area contributed by atoms with E-state index in [-0.39, 0.29) is 23.5 Å². The largest absolute Gasteiger partial charge is 0.349 e. The van der Waals surface area contributed by atoms with Gasteiger partial charge in [-0.15, -0.1) is 6.58 Å². The average molecular weight is 427 g/mol. The zero-order valence-electron chi connectivity index (χ0n) is 13.1. The van der Waals surface area contributed by atoms with E-state index in [0.717, 1.165) is 0 Å². The Labute approximate surface area is 154 Å². The Balaban J connectivity index is 2.14. The first kappa shape index (κ1) is 19.3. The van der Waals surface area contributed by atoms with E-state index in [0.29, 0.717) is 10.0 Å². The molecule has 2 aromatic rings. The molecule has 2 rings (SSSR count). The van der Waals surface area contributed by atoms with Crippen molar-refractivity contribution in [1.82, 2.24) is 10.0 Å². The molecular weight excluding hydrogens is 411 g/mol.